The van der Waals surface area contributed by atoms with Crippen LogP contribution in [0.4, 0.5) is 0 Å². The molecule has 2 rings (SSSR count). The van der Waals surface area contributed by atoms with Gasteiger partial charge in [-0.25, -0.2) is 0 Å². The van der Waals surface area contributed by atoms with E-state index >= 15 is 0 Å². The summed E-state index contributed by atoms with van der Waals surface area (Å²) >= 11 is 0. The van der Waals surface area contributed by atoms with Crippen LogP contribution >= 0.6 is 0 Å². The van der Waals surface area contributed by atoms with Crippen LogP contribution in [0.3, 0.4) is 0 Å². The second-order valence-corrected chi connectivity index (χ2v) is 5.65. The highest BCUT2D eigenvalue weighted by Crippen LogP contribution is 2.32. The first-order valence-electron chi connectivity index (χ1n) is 7.33. The zero-order valence-corrected chi connectivity index (χ0v) is 13.3. The molecule has 0 aliphatic rings. The molecular formula is C19H20O3. The Morgan fingerprint density at radius 2 is 1.64 bits per heavy atom. The van der Waals surface area contributed by atoms with Crippen molar-refractivity contribution in [3.63, 3.8) is 0 Å². The summed E-state index contributed by atoms with van der Waals surface area (Å²) in [6.07, 6.45) is 0. The molecule has 0 amide bonds. The van der Waals surface area contributed by atoms with Crippen LogP contribution in [0.2, 0.25) is 0 Å². The number of aryl methyl sites for hydroxylation is 1. The predicted molar refractivity (Wildman–Crippen MR) is 86.5 cm³/mol. The summed E-state index contributed by atoms with van der Waals surface area (Å²) in [4.78, 5) is 23.9. The van der Waals surface area contributed by atoms with E-state index in [4.69, 9.17) is 4.74 Å². The molecule has 0 fully saturated rings. The summed E-state index contributed by atoms with van der Waals surface area (Å²) in [6, 6.07) is 12.8. The molecule has 114 valence electrons. The van der Waals surface area contributed by atoms with Gasteiger partial charge in [-0.15, -0.1) is 0 Å². The monoisotopic (exact) mass is 296 g/mol. The van der Waals surface area contributed by atoms with Gasteiger partial charge in [-0.05, 0) is 36.1 Å². The third-order valence-corrected chi connectivity index (χ3v) is 3.47. The quantitative estimate of drug-likeness (QED) is 0.480. The van der Waals surface area contributed by atoms with E-state index < -0.39 is 0 Å². The molecule has 0 unspecified atom stereocenters. The van der Waals surface area contributed by atoms with E-state index in [0.29, 0.717) is 16.9 Å². The predicted octanol–water partition coefficient (Wildman–Crippen LogP) is 4.27. The second kappa shape index (κ2) is 6.56. The van der Waals surface area contributed by atoms with Crippen LogP contribution in [0.25, 0.3) is 0 Å². The minimum atomic E-state index is -0.355. The van der Waals surface area contributed by atoms with Crippen LogP contribution in [0.15, 0.2) is 42.5 Å². The summed E-state index contributed by atoms with van der Waals surface area (Å²) in [5.74, 6) is 0.329. The first-order chi connectivity index (χ1) is 10.4. The van der Waals surface area contributed by atoms with Gasteiger partial charge in [0.15, 0.2) is 5.78 Å². The van der Waals surface area contributed by atoms with Gasteiger partial charge in [-0.3, -0.25) is 9.59 Å². The van der Waals surface area contributed by atoms with Crippen molar-refractivity contribution < 1.29 is 14.3 Å². The van der Waals surface area contributed by atoms with Crippen LogP contribution in [0, 0.1) is 6.92 Å². The zero-order chi connectivity index (χ0) is 16.3. The van der Waals surface area contributed by atoms with Gasteiger partial charge >= 0.3 is 5.97 Å². The Labute approximate surface area is 130 Å². The van der Waals surface area contributed by atoms with E-state index in [-0.39, 0.29) is 17.7 Å². The molecule has 0 spiro atoms. The molecular weight excluding hydrogens is 276 g/mol. The van der Waals surface area contributed by atoms with Crippen molar-refractivity contribution in [2.45, 2.75) is 33.6 Å². The van der Waals surface area contributed by atoms with Crippen molar-refractivity contribution in [1.29, 1.82) is 0 Å². The van der Waals surface area contributed by atoms with Crippen LogP contribution in [-0.4, -0.2) is 11.8 Å². The van der Waals surface area contributed by atoms with Crippen molar-refractivity contribution in [3.05, 3.63) is 64.7 Å². The van der Waals surface area contributed by atoms with Gasteiger partial charge in [0.05, 0.1) is 0 Å². The normalized spacial score (nSPS) is 10.6. The lowest BCUT2D eigenvalue weighted by Crippen LogP contribution is -2.09. The lowest BCUT2D eigenvalue weighted by molar-refractivity contribution is -0.132. The maximum atomic E-state index is 12.6. The summed E-state index contributed by atoms with van der Waals surface area (Å²) in [6.45, 7) is 7.26. The number of carbonyl (C=O) groups excluding carboxylic acids is 2. The first kappa shape index (κ1) is 16.0. The number of benzene rings is 2. The molecule has 0 bridgehead atoms. The van der Waals surface area contributed by atoms with Gasteiger partial charge in [-0.1, -0.05) is 44.2 Å². The zero-order valence-electron chi connectivity index (χ0n) is 13.3. The molecule has 2 aromatic carbocycles. The maximum absolute atomic E-state index is 12.6. The molecule has 0 heterocycles. The molecule has 0 aromatic heterocycles. The Balaban J connectivity index is 2.51. The molecule has 0 N–H and O–H groups in total. The Kier molecular flexibility index (Phi) is 4.76. The van der Waals surface area contributed by atoms with Crippen LogP contribution in [0.1, 0.15) is 53.7 Å². The Morgan fingerprint density at radius 3 is 2.18 bits per heavy atom. The Hall–Kier alpha value is -2.42. The van der Waals surface area contributed by atoms with E-state index in [2.05, 4.69) is 0 Å². The van der Waals surface area contributed by atoms with Gasteiger partial charge in [-0.2, -0.15) is 0 Å². The van der Waals surface area contributed by atoms with E-state index in [9.17, 15) is 9.59 Å². The molecule has 0 atom stereocenters. The minimum Gasteiger partial charge on any atom is -0.426 e. The third kappa shape index (κ3) is 3.42. The van der Waals surface area contributed by atoms with E-state index in [1.165, 1.54) is 6.92 Å². The molecule has 0 saturated carbocycles. The van der Waals surface area contributed by atoms with Crippen molar-refractivity contribution in [1.82, 2.24) is 0 Å². The second-order valence-electron chi connectivity index (χ2n) is 5.65. The van der Waals surface area contributed by atoms with E-state index in [0.717, 1.165) is 11.1 Å². The average Bonchev–Trinajstić information content (AvgIpc) is 2.48. The van der Waals surface area contributed by atoms with Crippen molar-refractivity contribution in [3.8, 4) is 5.75 Å². The largest absolute Gasteiger partial charge is 0.426 e. The van der Waals surface area contributed by atoms with Gasteiger partial charge in [0, 0.05) is 18.1 Å². The molecule has 0 aliphatic heterocycles. The van der Waals surface area contributed by atoms with E-state index in [1.54, 1.807) is 18.2 Å². The smallest absolute Gasteiger partial charge is 0.308 e. The molecule has 3 nitrogen and oxygen atoms in total. The van der Waals surface area contributed by atoms with Crippen LogP contribution < -0.4 is 4.74 Å². The van der Waals surface area contributed by atoms with Crippen LogP contribution in [-0.2, 0) is 4.79 Å². The Morgan fingerprint density at radius 1 is 1.00 bits per heavy atom. The van der Waals surface area contributed by atoms with Gasteiger partial charge in [0.2, 0.25) is 0 Å². The number of ketones is 1. The standard InChI is InChI=1S/C19H20O3/c1-12(2)17-11-16(10-13(3)19(17)22-14(4)20)18(21)15-8-6-5-7-9-15/h5-12H,1-4H3. The Bertz CT molecular complexity index is 700. The molecule has 0 saturated heterocycles. The average molecular weight is 296 g/mol. The third-order valence-electron chi connectivity index (χ3n) is 3.47. The fourth-order valence-electron chi connectivity index (χ4n) is 2.40. The number of rotatable bonds is 4. The summed E-state index contributed by atoms with van der Waals surface area (Å²) in [5.41, 5.74) is 2.93. The highest BCUT2D eigenvalue weighted by molar-refractivity contribution is 6.09. The van der Waals surface area contributed by atoms with Gasteiger partial charge < -0.3 is 4.74 Å². The maximum Gasteiger partial charge on any atom is 0.308 e. The molecule has 0 aliphatic carbocycles. The number of hydrogen-bond acceptors (Lipinski definition) is 3. The van der Waals surface area contributed by atoms with Crippen molar-refractivity contribution in [2.75, 3.05) is 0 Å². The number of ether oxygens (including phenoxy) is 1. The summed E-state index contributed by atoms with van der Waals surface area (Å²) < 4.78 is 5.33. The lowest BCUT2D eigenvalue weighted by atomic mass is 9.93. The highest BCUT2D eigenvalue weighted by Gasteiger charge is 2.18. The fourth-order valence-corrected chi connectivity index (χ4v) is 2.40. The number of carbonyl (C=O) groups is 2. The highest BCUT2D eigenvalue weighted by atomic mass is 16.5. The lowest BCUT2D eigenvalue weighted by Gasteiger charge is -2.16. The molecule has 0 radical (unpaired) electrons. The molecule has 2 aromatic rings. The topological polar surface area (TPSA) is 43.4 Å². The molecule has 3 heteroatoms. The van der Waals surface area contributed by atoms with Gasteiger partial charge in [0.25, 0.3) is 0 Å². The first-order valence-corrected chi connectivity index (χ1v) is 7.33. The molecule has 22 heavy (non-hydrogen) atoms. The SMILES string of the molecule is CC(=O)Oc1c(C)cc(C(=O)c2ccccc2)cc1C(C)C. The van der Waals surface area contributed by atoms with Gasteiger partial charge in [0.1, 0.15) is 5.75 Å². The summed E-state index contributed by atoms with van der Waals surface area (Å²) in [5, 5.41) is 0. The number of hydrogen-bond donors (Lipinski definition) is 0. The van der Waals surface area contributed by atoms with Crippen molar-refractivity contribution in [2.24, 2.45) is 0 Å². The van der Waals surface area contributed by atoms with E-state index in [1.807, 2.05) is 45.0 Å². The number of esters is 1. The van der Waals surface area contributed by atoms with Crippen molar-refractivity contribution >= 4 is 11.8 Å². The fraction of sp³-hybridized carbons (Fsp3) is 0.263. The van der Waals surface area contributed by atoms with Crippen LogP contribution in [0.5, 0.6) is 5.75 Å². The summed E-state index contributed by atoms with van der Waals surface area (Å²) in [7, 11) is 0. The minimum absolute atomic E-state index is 0.0278.